The molecule has 22 heavy (non-hydrogen) atoms. The molecule has 6 unspecified atom stereocenters. The van der Waals surface area contributed by atoms with Crippen LogP contribution < -0.4 is 0 Å². The van der Waals surface area contributed by atoms with Gasteiger partial charge in [0.1, 0.15) is 12.2 Å². The van der Waals surface area contributed by atoms with E-state index in [1.165, 1.54) is 0 Å². The van der Waals surface area contributed by atoms with Crippen molar-refractivity contribution in [3.8, 4) is 0 Å². The lowest BCUT2D eigenvalue weighted by Gasteiger charge is -2.53. The maximum atomic E-state index is 12.0. The van der Waals surface area contributed by atoms with Gasteiger partial charge in [0.25, 0.3) is 0 Å². The van der Waals surface area contributed by atoms with Gasteiger partial charge in [0.05, 0.1) is 11.3 Å². The van der Waals surface area contributed by atoms with Gasteiger partial charge in [-0.2, -0.15) is 0 Å². The van der Waals surface area contributed by atoms with E-state index in [0.717, 1.165) is 25.7 Å². The van der Waals surface area contributed by atoms with Crippen molar-refractivity contribution in [2.24, 2.45) is 28.6 Å². The Morgan fingerprint density at radius 3 is 2.91 bits per heavy atom. The van der Waals surface area contributed by atoms with Gasteiger partial charge in [0.15, 0.2) is 6.79 Å². The Morgan fingerprint density at radius 2 is 2.18 bits per heavy atom. The van der Waals surface area contributed by atoms with Crippen LogP contribution >= 0.6 is 0 Å². The van der Waals surface area contributed by atoms with Gasteiger partial charge in [-0.15, -0.1) is 0 Å². The van der Waals surface area contributed by atoms with E-state index in [1.807, 2.05) is 20.8 Å². The SMILES string of the molecule is CCC(C)(C)C(=O)OCOC1C2CC3CC4C(=O)OC1C42C3. The van der Waals surface area contributed by atoms with E-state index in [0.29, 0.717) is 11.8 Å². The van der Waals surface area contributed by atoms with E-state index in [9.17, 15) is 9.59 Å². The van der Waals surface area contributed by atoms with Crippen molar-refractivity contribution < 1.29 is 23.8 Å². The second kappa shape index (κ2) is 4.47. The summed E-state index contributed by atoms with van der Waals surface area (Å²) in [6, 6.07) is 0. The number of esters is 2. The first-order valence-corrected chi connectivity index (χ1v) is 8.39. The summed E-state index contributed by atoms with van der Waals surface area (Å²) in [4.78, 5) is 24.0. The van der Waals surface area contributed by atoms with Crippen LogP contribution in [-0.2, 0) is 23.8 Å². The van der Waals surface area contributed by atoms with Crippen LogP contribution in [-0.4, -0.2) is 30.9 Å². The first-order valence-electron chi connectivity index (χ1n) is 8.39. The second-order valence-electron chi connectivity index (χ2n) is 8.09. The molecule has 3 aliphatic carbocycles. The summed E-state index contributed by atoms with van der Waals surface area (Å²) in [6.07, 6.45) is 3.77. The van der Waals surface area contributed by atoms with Crippen LogP contribution in [0, 0.1) is 28.6 Å². The molecule has 1 saturated heterocycles. The Morgan fingerprint density at radius 1 is 1.41 bits per heavy atom. The molecule has 0 N–H and O–H groups in total. The van der Waals surface area contributed by atoms with Crippen molar-refractivity contribution in [2.75, 3.05) is 6.79 Å². The Bertz CT molecular complexity index is 527. The lowest BCUT2D eigenvalue weighted by Crippen LogP contribution is -2.62. The molecule has 1 heterocycles. The molecule has 0 radical (unpaired) electrons. The smallest absolute Gasteiger partial charge is 0.313 e. The summed E-state index contributed by atoms with van der Waals surface area (Å²) >= 11 is 0. The van der Waals surface area contributed by atoms with Gasteiger partial charge < -0.3 is 14.2 Å². The Hall–Kier alpha value is -1.10. The maximum Gasteiger partial charge on any atom is 0.313 e. The van der Waals surface area contributed by atoms with Crippen molar-refractivity contribution in [3.05, 3.63) is 0 Å². The molecule has 1 spiro atoms. The summed E-state index contributed by atoms with van der Waals surface area (Å²) in [7, 11) is 0. The highest BCUT2D eigenvalue weighted by Crippen LogP contribution is 2.74. The van der Waals surface area contributed by atoms with Crippen molar-refractivity contribution >= 4 is 11.9 Å². The van der Waals surface area contributed by atoms with E-state index in [-0.39, 0.29) is 42.3 Å². The Balaban J connectivity index is 1.37. The molecule has 122 valence electrons. The number of carbonyl (C=O) groups excluding carboxylic acids is 2. The lowest BCUT2D eigenvalue weighted by atomic mass is 9.53. The molecule has 3 saturated carbocycles. The number of carbonyl (C=O) groups is 2. The Labute approximate surface area is 130 Å². The van der Waals surface area contributed by atoms with E-state index >= 15 is 0 Å². The van der Waals surface area contributed by atoms with Crippen LogP contribution in [0.2, 0.25) is 0 Å². The first kappa shape index (κ1) is 14.5. The quantitative estimate of drug-likeness (QED) is 0.576. The van der Waals surface area contributed by atoms with E-state index in [4.69, 9.17) is 14.2 Å². The minimum atomic E-state index is -0.485. The zero-order chi connectivity index (χ0) is 15.7. The fourth-order valence-electron chi connectivity index (χ4n) is 5.22. The highest BCUT2D eigenvalue weighted by molar-refractivity contribution is 5.78. The van der Waals surface area contributed by atoms with Gasteiger partial charge in [-0.25, -0.2) is 0 Å². The van der Waals surface area contributed by atoms with Crippen LogP contribution in [0.1, 0.15) is 46.5 Å². The van der Waals surface area contributed by atoms with Gasteiger partial charge in [0, 0.05) is 5.41 Å². The van der Waals surface area contributed by atoms with E-state index in [2.05, 4.69) is 0 Å². The van der Waals surface area contributed by atoms with Crippen LogP contribution in [0.25, 0.3) is 0 Å². The molecule has 5 heteroatoms. The average molecular weight is 308 g/mol. The van der Waals surface area contributed by atoms with Gasteiger partial charge >= 0.3 is 11.9 Å². The normalized spacial score (nSPS) is 44.5. The maximum absolute atomic E-state index is 12.0. The zero-order valence-electron chi connectivity index (χ0n) is 13.5. The Kier molecular flexibility index (Phi) is 2.94. The molecule has 1 aliphatic heterocycles. The van der Waals surface area contributed by atoms with E-state index < -0.39 is 5.41 Å². The predicted octanol–water partition coefficient (Wildman–Crippen LogP) is 2.28. The molecule has 0 aromatic rings. The average Bonchev–Trinajstić information content (AvgIpc) is 3.11. The first-order chi connectivity index (χ1) is 10.4. The molecule has 5 nitrogen and oxygen atoms in total. The number of hydrogen-bond acceptors (Lipinski definition) is 5. The number of hydrogen-bond donors (Lipinski definition) is 0. The van der Waals surface area contributed by atoms with Crippen LogP contribution in [0.15, 0.2) is 0 Å². The van der Waals surface area contributed by atoms with Crippen molar-refractivity contribution in [1.82, 2.24) is 0 Å². The number of rotatable bonds is 5. The number of ether oxygens (including phenoxy) is 3. The molecule has 4 fully saturated rings. The molecule has 0 aromatic heterocycles. The van der Waals surface area contributed by atoms with Crippen molar-refractivity contribution in [2.45, 2.75) is 58.7 Å². The molecular formula is C17H24O5. The van der Waals surface area contributed by atoms with E-state index in [1.54, 1.807) is 0 Å². The summed E-state index contributed by atoms with van der Waals surface area (Å²) in [5.41, 5.74) is -0.430. The topological polar surface area (TPSA) is 61.8 Å². The molecular weight excluding hydrogens is 284 g/mol. The van der Waals surface area contributed by atoms with Crippen molar-refractivity contribution in [1.29, 1.82) is 0 Å². The summed E-state index contributed by atoms with van der Waals surface area (Å²) in [5.74, 6) is 0.888. The fourth-order valence-corrected chi connectivity index (χ4v) is 5.22. The minimum Gasteiger partial charge on any atom is -0.459 e. The van der Waals surface area contributed by atoms with Gasteiger partial charge in [-0.3, -0.25) is 9.59 Å². The second-order valence-corrected chi connectivity index (χ2v) is 8.09. The molecule has 4 aliphatic rings. The zero-order valence-corrected chi connectivity index (χ0v) is 13.5. The standard InChI is InChI=1S/C17H24O5/c1-4-16(2,3)15(19)21-8-20-12-10-5-9-6-11-14(18)22-13(12)17(10,11)7-9/h9-13H,4-8H2,1-3H3. The summed E-state index contributed by atoms with van der Waals surface area (Å²) < 4.78 is 16.6. The number of fused-ring (bicyclic) bond motifs is 1. The highest BCUT2D eigenvalue weighted by Gasteiger charge is 2.79. The van der Waals surface area contributed by atoms with Crippen LogP contribution in [0.3, 0.4) is 0 Å². The third-order valence-electron chi connectivity index (χ3n) is 6.78. The monoisotopic (exact) mass is 308 g/mol. The molecule has 0 amide bonds. The largest absolute Gasteiger partial charge is 0.459 e. The van der Waals surface area contributed by atoms with Gasteiger partial charge in [-0.1, -0.05) is 6.92 Å². The molecule has 6 atom stereocenters. The fraction of sp³-hybridized carbons (Fsp3) is 0.882. The van der Waals surface area contributed by atoms with Crippen LogP contribution in [0.4, 0.5) is 0 Å². The van der Waals surface area contributed by atoms with Crippen LogP contribution in [0.5, 0.6) is 0 Å². The third kappa shape index (κ3) is 1.63. The third-order valence-corrected chi connectivity index (χ3v) is 6.78. The predicted molar refractivity (Wildman–Crippen MR) is 76.5 cm³/mol. The summed E-state index contributed by atoms with van der Waals surface area (Å²) in [6.45, 7) is 5.66. The molecule has 4 rings (SSSR count). The summed E-state index contributed by atoms with van der Waals surface area (Å²) in [5, 5.41) is 0. The minimum absolute atomic E-state index is 0.0348. The molecule has 0 aromatic carbocycles. The lowest BCUT2D eigenvalue weighted by molar-refractivity contribution is -0.238. The van der Waals surface area contributed by atoms with Gasteiger partial charge in [-0.05, 0) is 51.4 Å². The molecule has 2 bridgehead atoms. The van der Waals surface area contributed by atoms with Gasteiger partial charge in [0.2, 0.25) is 0 Å². The highest BCUT2D eigenvalue weighted by atomic mass is 16.7. The van der Waals surface area contributed by atoms with Crippen molar-refractivity contribution in [3.63, 3.8) is 0 Å².